The second kappa shape index (κ2) is 4.14. The van der Waals surface area contributed by atoms with Gasteiger partial charge in [0.1, 0.15) is 0 Å². The number of hydrogen-bond donors (Lipinski definition) is 0. The zero-order valence-electron chi connectivity index (χ0n) is 12.2. The molecule has 5 rings (SSSR count). The van der Waals surface area contributed by atoms with Crippen LogP contribution < -0.4 is 0 Å². The predicted molar refractivity (Wildman–Crippen MR) is 90.0 cm³/mol. The molecule has 1 atom stereocenters. The molecular formula is C20H14N2. The fraction of sp³-hybridized carbons (Fsp3) is 0.100. The van der Waals surface area contributed by atoms with E-state index in [1.54, 1.807) is 0 Å². The van der Waals surface area contributed by atoms with Crippen LogP contribution in [-0.2, 0) is 0 Å². The molecule has 1 unspecified atom stereocenters. The van der Waals surface area contributed by atoms with Crippen LogP contribution in [0.25, 0.3) is 32.8 Å². The van der Waals surface area contributed by atoms with Crippen LogP contribution >= 0.6 is 0 Å². The zero-order chi connectivity index (χ0) is 14.7. The summed E-state index contributed by atoms with van der Waals surface area (Å²) in [6.07, 6.45) is 5.71. The van der Waals surface area contributed by atoms with Crippen molar-refractivity contribution in [2.24, 2.45) is 0 Å². The minimum absolute atomic E-state index is 0.376. The minimum atomic E-state index is 0.376. The highest BCUT2D eigenvalue weighted by molar-refractivity contribution is 6.11. The molecule has 2 aromatic heterocycles. The average molecular weight is 282 g/mol. The van der Waals surface area contributed by atoms with Crippen molar-refractivity contribution in [3.8, 4) is 11.3 Å². The van der Waals surface area contributed by atoms with E-state index in [-0.39, 0.29) is 0 Å². The second-order valence-corrected chi connectivity index (χ2v) is 5.95. The number of aromatic nitrogens is 2. The van der Waals surface area contributed by atoms with Crippen molar-refractivity contribution in [3.05, 3.63) is 72.2 Å². The van der Waals surface area contributed by atoms with Gasteiger partial charge in [0.2, 0.25) is 0 Å². The summed E-state index contributed by atoms with van der Waals surface area (Å²) < 4.78 is 0. The summed E-state index contributed by atoms with van der Waals surface area (Å²) >= 11 is 0. The monoisotopic (exact) mass is 282 g/mol. The van der Waals surface area contributed by atoms with E-state index in [9.17, 15) is 0 Å². The third-order valence-electron chi connectivity index (χ3n) is 4.83. The Morgan fingerprint density at radius 3 is 2.73 bits per heavy atom. The lowest BCUT2D eigenvalue weighted by atomic mass is 9.91. The van der Waals surface area contributed by atoms with Crippen LogP contribution in [0.1, 0.15) is 24.0 Å². The van der Waals surface area contributed by atoms with Crippen LogP contribution in [0.5, 0.6) is 0 Å². The fourth-order valence-corrected chi connectivity index (χ4v) is 3.83. The highest BCUT2D eigenvalue weighted by atomic mass is 14.7. The highest BCUT2D eigenvalue weighted by Crippen LogP contribution is 2.47. The van der Waals surface area contributed by atoms with Crippen molar-refractivity contribution in [2.45, 2.75) is 12.8 Å². The Hall–Kier alpha value is -2.74. The van der Waals surface area contributed by atoms with Crippen LogP contribution in [-0.4, -0.2) is 9.97 Å². The van der Waals surface area contributed by atoms with Crippen LogP contribution in [0, 0.1) is 0 Å². The Labute approximate surface area is 128 Å². The molecule has 4 aromatic rings. The van der Waals surface area contributed by atoms with Gasteiger partial charge in [0.05, 0.1) is 5.69 Å². The van der Waals surface area contributed by atoms with Gasteiger partial charge in [-0.15, -0.1) is 0 Å². The van der Waals surface area contributed by atoms with E-state index in [1.807, 2.05) is 24.7 Å². The van der Waals surface area contributed by atoms with E-state index in [1.165, 1.54) is 38.2 Å². The van der Waals surface area contributed by atoms with Crippen molar-refractivity contribution >= 4 is 21.5 Å². The fourth-order valence-electron chi connectivity index (χ4n) is 3.83. The summed E-state index contributed by atoms with van der Waals surface area (Å²) in [5.74, 6) is 0.376. The van der Waals surface area contributed by atoms with Gasteiger partial charge in [0, 0.05) is 35.5 Å². The van der Waals surface area contributed by atoms with E-state index >= 15 is 0 Å². The van der Waals surface area contributed by atoms with Crippen molar-refractivity contribution in [1.29, 1.82) is 0 Å². The molecule has 0 amide bonds. The molecule has 0 fully saturated rings. The molecule has 2 aromatic carbocycles. The number of fused-ring (bicyclic) bond motifs is 7. The number of hydrogen-bond acceptors (Lipinski definition) is 2. The van der Waals surface area contributed by atoms with E-state index < -0.39 is 0 Å². The number of nitrogens with zero attached hydrogens (tertiary/aromatic N) is 2. The maximum Gasteiger partial charge on any atom is 0.0743 e. The molecule has 22 heavy (non-hydrogen) atoms. The quantitative estimate of drug-likeness (QED) is 0.428. The van der Waals surface area contributed by atoms with Crippen LogP contribution in [0.4, 0.5) is 0 Å². The molecule has 0 N–H and O–H groups in total. The summed E-state index contributed by atoms with van der Waals surface area (Å²) in [7, 11) is 0. The first-order valence-corrected chi connectivity index (χ1v) is 7.59. The number of rotatable bonds is 0. The molecule has 2 nitrogen and oxygen atoms in total. The Morgan fingerprint density at radius 2 is 1.77 bits per heavy atom. The topological polar surface area (TPSA) is 25.8 Å². The summed E-state index contributed by atoms with van der Waals surface area (Å²) in [4.78, 5) is 8.88. The zero-order valence-corrected chi connectivity index (χ0v) is 12.2. The van der Waals surface area contributed by atoms with E-state index in [0.717, 1.165) is 5.69 Å². The Balaban J connectivity index is 2.00. The van der Waals surface area contributed by atoms with E-state index in [4.69, 9.17) is 0 Å². The minimum Gasteiger partial charge on any atom is -0.264 e. The molecule has 2 heteroatoms. The molecule has 0 spiro atoms. The highest BCUT2D eigenvalue weighted by Gasteiger charge is 2.28. The molecule has 1 aliphatic carbocycles. The lowest BCUT2D eigenvalue weighted by Crippen LogP contribution is -1.92. The Morgan fingerprint density at radius 1 is 0.909 bits per heavy atom. The lowest BCUT2D eigenvalue weighted by molar-refractivity contribution is 0.962. The molecule has 0 saturated carbocycles. The normalized spacial score (nSPS) is 16.0. The molecule has 2 heterocycles. The molecular weight excluding hydrogens is 268 g/mol. The van der Waals surface area contributed by atoms with Crippen molar-refractivity contribution in [1.82, 2.24) is 9.97 Å². The first kappa shape index (κ1) is 11.9. The number of pyridine rings is 2. The standard InChI is InChI=1S/C20H14N2/c1-12-15-3-2-9-22-20(15)17-7-6-13-4-5-14-11-21-10-8-16(14)19(13)18(12)17/h2-12H,1H3. The van der Waals surface area contributed by atoms with Crippen LogP contribution in [0.2, 0.25) is 0 Å². The molecule has 1 aliphatic rings. The number of benzene rings is 2. The molecule has 104 valence electrons. The molecule has 0 radical (unpaired) electrons. The van der Waals surface area contributed by atoms with Gasteiger partial charge in [-0.2, -0.15) is 0 Å². The smallest absolute Gasteiger partial charge is 0.0743 e. The van der Waals surface area contributed by atoms with Gasteiger partial charge in [0.25, 0.3) is 0 Å². The second-order valence-electron chi connectivity index (χ2n) is 5.95. The van der Waals surface area contributed by atoms with Crippen LogP contribution in [0.15, 0.2) is 61.1 Å². The van der Waals surface area contributed by atoms with Crippen molar-refractivity contribution in [3.63, 3.8) is 0 Å². The Bertz CT molecular complexity index is 1050. The summed E-state index contributed by atoms with van der Waals surface area (Å²) in [6.45, 7) is 2.28. The maximum absolute atomic E-state index is 4.63. The van der Waals surface area contributed by atoms with Gasteiger partial charge < -0.3 is 0 Å². The predicted octanol–water partition coefficient (Wildman–Crippen LogP) is 4.92. The average Bonchev–Trinajstić information content (AvgIpc) is 2.88. The summed E-state index contributed by atoms with van der Waals surface area (Å²) in [5.41, 5.74) is 5.15. The van der Waals surface area contributed by atoms with Gasteiger partial charge in [-0.3, -0.25) is 9.97 Å². The molecule has 0 bridgehead atoms. The largest absolute Gasteiger partial charge is 0.264 e. The first-order chi connectivity index (χ1) is 10.8. The van der Waals surface area contributed by atoms with Crippen molar-refractivity contribution < 1.29 is 0 Å². The maximum atomic E-state index is 4.63. The van der Waals surface area contributed by atoms with Crippen molar-refractivity contribution in [2.75, 3.05) is 0 Å². The Kier molecular flexibility index (Phi) is 2.23. The SMILES string of the molecule is CC1c2cccnc2-c2ccc3ccc4cnccc4c3c21. The third kappa shape index (κ3) is 1.39. The van der Waals surface area contributed by atoms with Gasteiger partial charge in [-0.25, -0.2) is 0 Å². The van der Waals surface area contributed by atoms with Gasteiger partial charge in [-0.1, -0.05) is 37.3 Å². The van der Waals surface area contributed by atoms with Gasteiger partial charge in [0.15, 0.2) is 0 Å². The third-order valence-corrected chi connectivity index (χ3v) is 4.83. The lowest BCUT2D eigenvalue weighted by Gasteiger charge is -2.12. The van der Waals surface area contributed by atoms with Gasteiger partial charge >= 0.3 is 0 Å². The van der Waals surface area contributed by atoms with E-state index in [2.05, 4.69) is 53.3 Å². The van der Waals surface area contributed by atoms with Crippen LogP contribution in [0.3, 0.4) is 0 Å². The van der Waals surface area contributed by atoms with Gasteiger partial charge in [-0.05, 0) is 39.4 Å². The molecule has 0 saturated heterocycles. The summed E-state index contributed by atoms with van der Waals surface area (Å²) in [5, 5.41) is 5.11. The summed E-state index contributed by atoms with van der Waals surface area (Å²) in [6, 6.07) is 15.1. The first-order valence-electron chi connectivity index (χ1n) is 7.59. The molecule has 0 aliphatic heterocycles. The van der Waals surface area contributed by atoms with E-state index in [0.29, 0.717) is 5.92 Å².